The Bertz CT molecular complexity index is 752. The third kappa shape index (κ3) is 6.49. The van der Waals surface area contributed by atoms with Crippen molar-refractivity contribution in [2.45, 2.75) is 57.7 Å². The van der Waals surface area contributed by atoms with Crippen molar-refractivity contribution in [3.63, 3.8) is 0 Å². The Morgan fingerprint density at radius 2 is 2.03 bits per heavy atom. The SMILES string of the molecule is CC(C)CN(CC1CCCO1)C1CCN(C(=O)c2ccc(F)cc2)[C@@H](C(=O)NCCN)C1. The average molecular weight is 449 g/mol. The Hall–Kier alpha value is -2.03. The van der Waals surface area contributed by atoms with E-state index < -0.39 is 11.9 Å². The molecule has 0 radical (unpaired) electrons. The maximum absolute atomic E-state index is 13.3. The van der Waals surface area contributed by atoms with Gasteiger partial charge >= 0.3 is 0 Å². The molecule has 0 saturated carbocycles. The molecule has 0 bridgehead atoms. The topological polar surface area (TPSA) is 87.9 Å². The molecule has 3 atom stereocenters. The standard InChI is InChI=1S/C24H37FN4O3/c1-17(2)15-28(16-21-4-3-13-32-21)20-9-12-29(22(14-20)23(30)27-11-10-26)24(31)18-5-7-19(25)8-6-18/h5-8,17,20-22H,3-4,9-16,26H2,1-2H3,(H,27,30)/t20?,21?,22-/m1/s1. The summed E-state index contributed by atoms with van der Waals surface area (Å²) < 4.78 is 19.2. The van der Waals surface area contributed by atoms with Crippen LogP contribution in [0.5, 0.6) is 0 Å². The van der Waals surface area contributed by atoms with Crippen LogP contribution in [-0.4, -0.2) is 79.1 Å². The number of piperidine rings is 1. The fraction of sp³-hybridized carbons (Fsp3) is 0.667. The zero-order valence-corrected chi connectivity index (χ0v) is 19.3. The van der Waals surface area contributed by atoms with Crippen molar-refractivity contribution in [3.8, 4) is 0 Å². The van der Waals surface area contributed by atoms with Crippen molar-refractivity contribution < 1.29 is 18.7 Å². The number of likely N-dealkylation sites (tertiary alicyclic amines) is 1. The van der Waals surface area contributed by atoms with E-state index in [2.05, 4.69) is 24.1 Å². The number of nitrogens with zero attached hydrogens (tertiary/aromatic N) is 2. The van der Waals surface area contributed by atoms with Gasteiger partial charge in [0.2, 0.25) is 5.91 Å². The number of nitrogens with two attached hydrogens (primary N) is 1. The number of rotatable bonds is 9. The maximum Gasteiger partial charge on any atom is 0.254 e. The Kier molecular flexibility index (Phi) is 9.02. The van der Waals surface area contributed by atoms with Gasteiger partial charge in [-0.15, -0.1) is 0 Å². The van der Waals surface area contributed by atoms with E-state index in [4.69, 9.17) is 10.5 Å². The molecule has 2 aliphatic rings. The summed E-state index contributed by atoms with van der Waals surface area (Å²) in [6, 6.07) is 5.09. The molecule has 2 aliphatic heterocycles. The average Bonchev–Trinajstić information content (AvgIpc) is 3.29. The summed E-state index contributed by atoms with van der Waals surface area (Å²) in [4.78, 5) is 30.3. The highest BCUT2D eigenvalue weighted by Gasteiger charge is 2.39. The number of hydrogen-bond acceptors (Lipinski definition) is 5. The molecule has 1 aromatic rings. The van der Waals surface area contributed by atoms with Gasteiger partial charge in [-0.1, -0.05) is 13.8 Å². The Labute approximate surface area is 190 Å². The van der Waals surface area contributed by atoms with Crippen molar-refractivity contribution >= 4 is 11.8 Å². The lowest BCUT2D eigenvalue weighted by atomic mass is 9.93. The molecule has 2 saturated heterocycles. The lowest BCUT2D eigenvalue weighted by molar-refractivity contribution is -0.127. The van der Waals surface area contributed by atoms with Crippen molar-refractivity contribution in [3.05, 3.63) is 35.6 Å². The molecule has 0 aromatic heterocycles. The molecule has 3 rings (SSSR count). The molecule has 3 N–H and O–H groups in total. The number of nitrogens with one attached hydrogen (secondary N) is 1. The van der Waals surface area contributed by atoms with Crippen molar-refractivity contribution in [1.82, 2.24) is 15.1 Å². The van der Waals surface area contributed by atoms with Crippen molar-refractivity contribution in [2.75, 3.05) is 39.3 Å². The van der Waals surface area contributed by atoms with Crippen LogP contribution in [0, 0.1) is 11.7 Å². The van der Waals surface area contributed by atoms with Gasteiger partial charge in [0.15, 0.2) is 0 Å². The molecule has 1 aromatic carbocycles. The second-order valence-corrected chi connectivity index (χ2v) is 9.26. The summed E-state index contributed by atoms with van der Waals surface area (Å²) in [5, 5.41) is 2.86. The first-order valence-electron chi connectivity index (χ1n) is 11.8. The van der Waals surface area contributed by atoms with Gasteiger partial charge in [0.05, 0.1) is 6.10 Å². The number of amides is 2. The van der Waals surface area contributed by atoms with Gasteiger partial charge in [-0.25, -0.2) is 4.39 Å². The van der Waals surface area contributed by atoms with Gasteiger partial charge in [0.1, 0.15) is 11.9 Å². The molecule has 7 nitrogen and oxygen atoms in total. The van der Waals surface area contributed by atoms with Crippen LogP contribution in [0.25, 0.3) is 0 Å². The van der Waals surface area contributed by atoms with E-state index in [-0.39, 0.29) is 24.0 Å². The smallest absolute Gasteiger partial charge is 0.254 e. The second kappa shape index (κ2) is 11.7. The van der Waals surface area contributed by atoms with Crippen LogP contribution in [-0.2, 0) is 9.53 Å². The van der Waals surface area contributed by atoms with E-state index in [1.807, 2.05) is 0 Å². The maximum atomic E-state index is 13.3. The van der Waals surface area contributed by atoms with Gasteiger partial charge in [0, 0.05) is 50.9 Å². The highest BCUT2D eigenvalue weighted by atomic mass is 19.1. The van der Waals surface area contributed by atoms with Gasteiger partial charge in [-0.2, -0.15) is 0 Å². The summed E-state index contributed by atoms with van der Waals surface area (Å²) in [6.45, 7) is 8.16. The highest BCUT2D eigenvalue weighted by molar-refractivity contribution is 5.97. The van der Waals surface area contributed by atoms with Crippen LogP contribution in [0.2, 0.25) is 0 Å². The molecule has 2 amide bonds. The molecule has 2 fully saturated rings. The molecule has 0 aliphatic carbocycles. The van der Waals surface area contributed by atoms with Crippen molar-refractivity contribution in [1.29, 1.82) is 0 Å². The van der Waals surface area contributed by atoms with E-state index in [9.17, 15) is 14.0 Å². The number of hydrogen-bond donors (Lipinski definition) is 2. The largest absolute Gasteiger partial charge is 0.377 e. The van der Waals surface area contributed by atoms with E-state index >= 15 is 0 Å². The molecule has 0 spiro atoms. The number of carbonyl (C=O) groups excluding carboxylic acids is 2. The summed E-state index contributed by atoms with van der Waals surface area (Å²) in [6.07, 6.45) is 3.74. The number of halogens is 1. The van der Waals surface area contributed by atoms with Gasteiger partial charge in [-0.05, 0) is 55.9 Å². The van der Waals surface area contributed by atoms with Crippen LogP contribution < -0.4 is 11.1 Å². The summed E-state index contributed by atoms with van der Waals surface area (Å²) in [5.41, 5.74) is 5.96. The van der Waals surface area contributed by atoms with Gasteiger partial charge < -0.3 is 20.7 Å². The fourth-order valence-corrected chi connectivity index (χ4v) is 4.73. The van der Waals surface area contributed by atoms with E-state index in [0.717, 1.165) is 39.0 Å². The third-order valence-electron chi connectivity index (χ3n) is 6.25. The predicted molar refractivity (Wildman–Crippen MR) is 122 cm³/mol. The quantitative estimate of drug-likeness (QED) is 0.603. The van der Waals surface area contributed by atoms with Crippen LogP contribution in [0.3, 0.4) is 0 Å². The number of ether oxygens (including phenoxy) is 1. The lowest BCUT2D eigenvalue weighted by Gasteiger charge is -2.44. The molecule has 32 heavy (non-hydrogen) atoms. The first-order chi connectivity index (χ1) is 15.4. The minimum absolute atomic E-state index is 0.183. The lowest BCUT2D eigenvalue weighted by Crippen LogP contribution is -2.58. The molecule has 8 heteroatoms. The predicted octanol–water partition coefficient (Wildman–Crippen LogP) is 2.01. The minimum Gasteiger partial charge on any atom is -0.377 e. The van der Waals surface area contributed by atoms with Crippen molar-refractivity contribution in [2.24, 2.45) is 11.7 Å². The first kappa shape index (κ1) is 24.6. The van der Waals surface area contributed by atoms with Gasteiger partial charge in [-0.3, -0.25) is 14.5 Å². The van der Waals surface area contributed by atoms with Crippen LogP contribution >= 0.6 is 0 Å². The monoisotopic (exact) mass is 448 g/mol. The molecule has 2 unspecified atom stereocenters. The number of benzene rings is 1. The summed E-state index contributed by atoms with van der Waals surface area (Å²) in [7, 11) is 0. The summed E-state index contributed by atoms with van der Waals surface area (Å²) in [5.74, 6) is -0.334. The molecular formula is C24H37FN4O3. The van der Waals surface area contributed by atoms with Crippen LogP contribution in [0.4, 0.5) is 4.39 Å². The zero-order valence-electron chi connectivity index (χ0n) is 19.3. The molecule has 2 heterocycles. The van der Waals surface area contributed by atoms with Gasteiger partial charge in [0.25, 0.3) is 5.91 Å². The Balaban J connectivity index is 1.77. The Morgan fingerprint density at radius 1 is 1.28 bits per heavy atom. The van der Waals surface area contributed by atoms with E-state index in [0.29, 0.717) is 37.5 Å². The zero-order chi connectivity index (χ0) is 23.1. The molecular weight excluding hydrogens is 411 g/mol. The first-order valence-corrected chi connectivity index (χ1v) is 11.8. The van der Waals surface area contributed by atoms with E-state index in [1.54, 1.807) is 4.90 Å². The second-order valence-electron chi connectivity index (χ2n) is 9.26. The third-order valence-corrected chi connectivity index (χ3v) is 6.25. The number of carbonyl (C=O) groups is 2. The van der Waals surface area contributed by atoms with Crippen LogP contribution in [0.1, 0.15) is 49.9 Å². The highest BCUT2D eigenvalue weighted by Crippen LogP contribution is 2.26. The Morgan fingerprint density at radius 3 is 2.66 bits per heavy atom. The summed E-state index contributed by atoms with van der Waals surface area (Å²) >= 11 is 0. The molecule has 178 valence electrons. The normalized spacial score (nSPS) is 23.7. The van der Waals surface area contributed by atoms with E-state index in [1.165, 1.54) is 24.3 Å². The fourth-order valence-electron chi connectivity index (χ4n) is 4.73. The van der Waals surface area contributed by atoms with Crippen LogP contribution in [0.15, 0.2) is 24.3 Å². The minimum atomic E-state index is -0.586.